The summed E-state index contributed by atoms with van der Waals surface area (Å²) in [5.74, 6) is -0.0683. The number of ketones is 1. The van der Waals surface area contributed by atoms with Crippen molar-refractivity contribution in [3.63, 3.8) is 0 Å². The quantitative estimate of drug-likeness (QED) is 0.382. The van der Waals surface area contributed by atoms with Gasteiger partial charge in [-0.3, -0.25) is 4.79 Å². The zero-order chi connectivity index (χ0) is 5.78. The second-order valence-electron chi connectivity index (χ2n) is 1.73. The number of aliphatic hydroxyl groups is 1. The number of hydrogen-bond donors (Lipinski definition) is 1. The third-order valence-electron chi connectivity index (χ3n) is 1.23. The Morgan fingerprint density at radius 3 is 2.62 bits per heavy atom. The Hall–Kier alpha value is 0.290. The van der Waals surface area contributed by atoms with Gasteiger partial charge in [0.15, 0.2) is 0 Å². The first kappa shape index (κ1) is 5.10. The van der Waals surface area contributed by atoms with Gasteiger partial charge in [-0.1, -0.05) is 0 Å². The van der Waals surface area contributed by atoms with Gasteiger partial charge in [0.05, 0.1) is 6.54 Å². The molecule has 2 rings (SSSR count). The molecule has 2 saturated heterocycles. The number of Topliss-reactive ketones (excluding diaryl/α,β-unsaturated/α-hetero) is 1. The molecule has 8 heavy (non-hydrogen) atoms. The molecule has 1 atom stereocenters. The monoisotopic (exact) mass is 149 g/mol. The van der Waals surface area contributed by atoms with Crippen molar-refractivity contribution >= 4 is 27.6 Å². The Morgan fingerprint density at radius 2 is 2.62 bits per heavy atom. The minimum Gasteiger partial charge on any atom is -0.359 e. The molecule has 2 heterocycles. The minimum absolute atomic E-state index is 0.0683. The van der Waals surface area contributed by atoms with Crippen LogP contribution < -0.4 is 0 Å². The van der Waals surface area contributed by atoms with Crippen molar-refractivity contribution in [1.82, 2.24) is 4.31 Å². The number of carbonyl (C=O) groups is 1. The van der Waals surface area contributed by atoms with Crippen LogP contribution >= 0.6 is 21.8 Å². The second-order valence-corrected chi connectivity index (χ2v) is 4.00. The molecule has 0 saturated carbocycles. The van der Waals surface area contributed by atoms with Gasteiger partial charge in [-0.05, 0) is 10.8 Å². The largest absolute Gasteiger partial charge is 0.359 e. The van der Waals surface area contributed by atoms with Crippen molar-refractivity contribution in [1.29, 1.82) is 0 Å². The molecule has 0 aliphatic carbocycles. The van der Waals surface area contributed by atoms with E-state index in [2.05, 4.69) is 0 Å². The predicted octanol–water partition coefficient (Wildman–Crippen LogP) is -0.173. The molecule has 0 spiro atoms. The van der Waals surface area contributed by atoms with Gasteiger partial charge in [-0.2, -0.15) is 4.31 Å². The van der Waals surface area contributed by atoms with Gasteiger partial charge in [0.2, 0.25) is 10.8 Å². The average molecular weight is 149 g/mol. The van der Waals surface area contributed by atoms with Crippen molar-refractivity contribution in [3.8, 4) is 0 Å². The van der Waals surface area contributed by atoms with E-state index >= 15 is 0 Å². The maximum Gasteiger partial charge on any atom is 0.250 e. The number of hydrogen-bond acceptors (Lipinski definition) is 5. The van der Waals surface area contributed by atoms with Crippen LogP contribution in [0.2, 0.25) is 0 Å². The Bertz CT molecular complexity index is 161. The SMILES string of the molecule is O=C1CN2SSC12O. The van der Waals surface area contributed by atoms with Gasteiger partial charge < -0.3 is 5.11 Å². The summed E-state index contributed by atoms with van der Waals surface area (Å²) in [5, 5.41) is 7.95. The molecule has 0 amide bonds. The first-order chi connectivity index (χ1) is 3.73. The summed E-state index contributed by atoms with van der Waals surface area (Å²) in [4.78, 5) is 10.5. The van der Waals surface area contributed by atoms with Crippen LogP contribution in [0.1, 0.15) is 0 Å². The normalized spacial score (nSPS) is 44.9. The zero-order valence-electron chi connectivity index (χ0n) is 3.83. The second kappa shape index (κ2) is 1.23. The summed E-state index contributed by atoms with van der Waals surface area (Å²) in [5.41, 5.74) is 0. The lowest BCUT2D eigenvalue weighted by Gasteiger charge is -2.51. The van der Waals surface area contributed by atoms with Gasteiger partial charge in [0.1, 0.15) is 0 Å². The van der Waals surface area contributed by atoms with Crippen LogP contribution in [0.15, 0.2) is 0 Å². The molecule has 5 heteroatoms. The molecule has 0 aromatic carbocycles. The summed E-state index contributed by atoms with van der Waals surface area (Å²) >= 11 is 0. The fraction of sp³-hybridized carbons (Fsp3) is 0.667. The van der Waals surface area contributed by atoms with E-state index in [-0.39, 0.29) is 5.78 Å². The van der Waals surface area contributed by atoms with Gasteiger partial charge >= 0.3 is 0 Å². The van der Waals surface area contributed by atoms with Gasteiger partial charge in [-0.15, -0.1) is 0 Å². The third kappa shape index (κ3) is 0.354. The molecule has 2 aliphatic rings. The van der Waals surface area contributed by atoms with Crippen molar-refractivity contribution in [2.45, 2.75) is 5.06 Å². The van der Waals surface area contributed by atoms with Crippen molar-refractivity contribution in [3.05, 3.63) is 0 Å². The smallest absolute Gasteiger partial charge is 0.250 e. The molecule has 0 bridgehead atoms. The fourth-order valence-corrected chi connectivity index (χ4v) is 2.84. The average Bonchev–Trinajstić information content (AvgIpc) is 1.79. The molecule has 2 fully saturated rings. The van der Waals surface area contributed by atoms with Crippen LogP contribution in [0.3, 0.4) is 0 Å². The summed E-state index contributed by atoms with van der Waals surface area (Å²) in [6.07, 6.45) is 0. The summed E-state index contributed by atoms with van der Waals surface area (Å²) in [6, 6.07) is 0. The Balaban J connectivity index is 2.23. The van der Waals surface area contributed by atoms with Crippen molar-refractivity contribution in [2.24, 2.45) is 0 Å². The molecule has 0 radical (unpaired) electrons. The van der Waals surface area contributed by atoms with Crippen LogP contribution in [-0.4, -0.2) is 26.8 Å². The van der Waals surface area contributed by atoms with E-state index in [1.165, 1.54) is 21.8 Å². The van der Waals surface area contributed by atoms with Crippen LogP contribution in [-0.2, 0) is 4.79 Å². The molecule has 0 aromatic rings. The zero-order valence-corrected chi connectivity index (χ0v) is 5.46. The number of rotatable bonds is 0. The summed E-state index contributed by atoms with van der Waals surface area (Å²) in [7, 11) is 2.65. The van der Waals surface area contributed by atoms with E-state index in [1.54, 1.807) is 4.31 Å². The highest BCUT2D eigenvalue weighted by atomic mass is 33.1. The van der Waals surface area contributed by atoms with E-state index in [0.717, 1.165) is 0 Å². The Labute approximate surface area is 54.0 Å². The van der Waals surface area contributed by atoms with Crippen LogP contribution in [0.4, 0.5) is 0 Å². The standard InChI is InChI=1S/C3H3NO2S2/c5-2-1-4-3(2,6)7-8-4/h6H,1H2. The highest BCUT2D eigenvalue weighted by Crippen LogP contribution is 2.58. The Morgan fingerprint density at radius 1 is 1.88 bits per heavy atom. The van der Waals surface area contributed by atoms with Gasteiger partial charge in [0, 0.05) is 11.0 Å². The van der Waals surface area contributed by atoms with E-state index < -0.39 is 5.06 Å². The Kier molecular flexibility index (Phi) is 0.787. The topological polar surface area (TPSA) is 40.5 Å². The van der Waals surface area contributed by atoms with Gasteiger partial charge in [0.25, 0.3) is 0 Å². The number of nitrogens with zero attached hydrogens (tertiary/aromatic N) is 1. The molecule has 1 unspecified atom stereocenters. The number of fused-ring (bicyclic) bond motifs is 1. The van der Waals surface area contributed by atoms with Crippen molar-refractivity contribution in [2.75, 3.05) is 6.54 Å². The minimum atomic E-state index is -1.11. The lowest BCUT2D eigenvalue weighted by Crippen LogP contribution is -2.67. The maximum absolute atomic E-state index is 10.5. The van der Waals surface area contributed by atoms with E-state index in [1.807, 2.05) is 0 Å². The molecule has 3 nitrogen and oxygen atoms in total. The lowest BCUT2D eigenvalue weighted by molar-refractivity contribution is -0.152. The van der Waals surface area contributed by atoms with E-state index in [9.17, 15) is 4.79 Å². The highest BCUT2D eigenvalue weighted by molar-refractivity contribution is 8.79. The van der Waals surface area contributed by atoms with Crippen LogP contribution in [0, 0.1) is 0 Å². The van der Waals surface area contributed by atoms with E-state index in [4.69, 9.17) is 5.11 Å². The molecular weight excluding hydrogens is 146 g/mol. The molecular formula is C3H3NO2S2. The molecule has 44 valence electrons. The molecule has 1 N–H and O–H groups in total. The maximum atomic E-state index is 10.5. The third-order valence-corrected chi connectivity index (χ3v) is 4.14. The molecule has 2 aliphatic heterocycles. The highest BCUT2D eigenvalue weighted by Gasteiger charge is 2.61. The van der Waals surface area contributed by atoms with Crippen molar-refractivity contribution < 1.29 is 9.90 Å². The number of carbonyl (C=O) groups excluding carboxylic acids is 1. The van der Waals surface area contributed by atoms with Crippen LogP contribution in [0.25, 0.3) is 0 Å². The molecule has 0 aromatic heterocycles. The summed E-state index contributed by atoms with van der Waals surface area (Å²) < 4.78 is 1.65. The van der Waals surface area contributed by atoms with Crippen LogP contribution in [0.5, 0.6) is 0 Å². The fourth-order valence-electron chi connectivity index (χ4n) is 0.622. The first-order valence-corrected chi connectivity index (χ1v) is 4.23. The van der Waals surface area contributed by atoms with E-state index in [0.29, 0.717) is 6.54 Å². The lowest BCUT2D eigenvalue weighted by atomic mass is 10.2. The predicted molar refractivity (Wildman–Crippen MR) is 31.8 cm³/mol. The first-order valence-electron chi connectivity index (χ1n) is 2.12. The van der Waals surface area contributed by atoms with Gasteiger partial charge in [-0.25, -0.2) is 0 Å². The summed E-state index contributed by atoms with van der Waals surface area (Å²) in [6.45, 7) is 0.411.